The number of nitrogens with zero attached hydrogens (tertiary/aromatic N) is 1. The van der Waals surface area contributed by atoms with Gasteiger partial charge < -0.3 is 20.1 Å². The SMILES string of the molecule is Cc1ccc(N(CCCl)CCCl)cc1C(C)[C@H](CC(=O)O)NC(=O)OC(C)(C)C. The molecule has 29 heavy (non-hydrogen) atoms. The first-order chi connectivity index (χ1) is 13.5. The summed E-state index contributed by atoms with van der Waals surface area (Å²) in [4.78, 5) is 25.8. The van der Waals surface area contributed by atoms with Gasteiger partial charge in [-0.25, -0.2) is 4.79 Å². The second-order valence-corrected chi connectivity index (χ2v) is 8.80. The molecule has 6 nitrogen and oxygen atoms in total. The predicted molar refractivity (Wildman–Crippen MR) is 119 cm³/mol. The maximum absolute atomic E-state index is 12.3. The van der Waals surface area contributed by atoms with Crippen LogP contribution in [0.3, 0.4) is 0 Å². The van der Waals surface area contributed by atoms with Crippen molar-refractivity contribution in [2.75, 3.05) is 29.7 Å². The average molecular weight is 447 g/mol. The maximum atomic E-state index is 12.3. The van der Waals surface area contributed by atoms with E-state index in [2.05, 4.69) is 10.2 Å². The number of alkyl carbamates (subject to hydrolysis) is 1. The van der Waals surface area contributed by atoms with Crippen LogP contribution in [0, 0.1) is 6.92 Å². The highest BCUT2D eigenvalue weighted by atomic mass is 35.5. The second kappa shape index (κ2) is 11.5. The van der Waals surface area contributed by atoms with Crippen LogP contribution in [0.2, 0.25) is 0 Å². The van der Waals surface area contributed by atoms with Crippen molar-refractivity contribution in [1.82, 2.24) is 5.32 Å². The van der Waals surface area contributed by atoms with Gasteiger partial charge in [-0.2, -0.15) is 0 Å². The number of rotatable bonds is 10. The van der Waals surface area contributed by atoms with Crippen molar-refractivity contribution in [2.24, 2.45) is 0 Å². The number of ether oxygens (including phenoxy) is 1. The summed E-state index contributed by atoms with van der Waals surface area (Å²) in [6, 6.07) is 5.39. The van der Waals surface area contributed by atoms with E-state index in [4.69, 9.17) is 27.9 Å². The Labute approximate surface area is 183 Å². The molecule has 0 radical (unpaired) electrons. The largest absolute Gasteiger partial charge is 0.481 e. The van der Waals surface area contributed by atoms with E-state index < -0.39 is 23.7 Å². The normalized spacial score (nSPS) is 13.5. The van der Waals surface area contributed by atoms with E-state index in [1.165, 1.54) is 0 Å². The first-order valence-corrected chi connectivity index (χ1v) is 10.7. The number of nitrogens with one attached hydrogen (secondary N) is 1. The summed E-state index contributed by atoms with van der Waals surface area (Å²) in [6.45, 7) is 10.5. The van der Waals surface area contributed by atoms with Gasteiger partial charge >= 0.3 is 12.1 Å². The second-order valence-electron chi connectivity index (χ2n) is 8.05. The summed E-state index contributed by atoms with van der Waals surface area (Å²) in [6.07, 6.45) is -0.840. The Balaban J connectivity index is 3.16. The molecule has 1 unspecified atom stereocenters. The zero-order chi connectivity index (χ0) is 22.2. The molecule has 0 aliphatic heterocycles. The number of halogens is 2. The van der Waals surface area contributed by atoms with E-state index in [0.717, 1.165) is 16.8 Å². The Morgan fingerprint density at radius 3 is 2.28 bits per heavy atom. The Kier molecular flexibility index (Phi) is 10.1. The highest BCUT2D eigenvalue weighted by Gasteiger charge is 2.27. The molecular formula is C21H32Cl2N2O4. The predicted octanol–water partition coefficient (Wildman–Crippen LogP) is 4.75. The fourth-order valence-corrected chi connectivity index (χ4v) is 3.51. The van der Waals surface area contributed by atoms with Crippen molar-refractivity contribution in [2.45, 2.75) is 58.6 Å². The Bertz CT molecular complexity index is 686. The number of alkyl halides is 2. The Morgan fingerprint density at radius 2 is 1.79 bits per heavy atom. The topological polar surface area (TPSA) is 78.9 Å². The molecule has 1 amide bonds. The van der Waals surface area contributed by atoms with Gasteiger partial charge in [0.2, 0.25) is 0 Å². The quantitative estimate of drug-likeness (QED) is 0.506. The van der Waals surface area contributed by atoms with Gasteiger partial charge in [0.25, 0.3) is 0 Å². The highest BCUT2D eigenvalue weighted by molar-refractivity contribution is 6.18. The number of carbonyl (C=O) groups is 2. The summed E-state index contributed by atoms with van der Waals surface area (Å²) in [5.41, 5.74) is 2.27. The fraction of sp³-hybridized carbons (Fsp3) is 0.619. The number of hydrogen-bond acceptors (Lipinski definition) is 4. The molecular weight excluding hydrogens is 415 g/mol. The molecule has 0 aliphatic rings. The van der Waals surface area contributed by atoms with Gasteiger partial charge in [0.1, 0.15) is 5.60 Å². The third kappa shape index (κ3) is 8.70. The van der Waals surface area contributed by atoms with Crippen molar-refractivity contribution in [3.05, 3.63) is 29.3 Å². The molecule has 164 valence electrons. The standard InChI is InChI=1S/C21H32Cl2N2O4/c1-14-6-7-16(25(10-8-22)11-9-23)12-17(14)15(2)18(13-19(26)27)24-20(28)29-21(3,4)5/h6-7,12,15,18H,8-11,13H2,1-5H3,(H,24,28)(H,26,27)/t15?,18-/m0/s1. The van der Waals surface area contributed by atoms with Crippen LogP contribution < -0.4 is 10.2 Å². The minimum Gasteiger partial charge on any atom is -0.481 e. The van der Waals surface area contributed by atoms with Crippen LogP contribution >= 0.6 is 23.2 Å². The van der Waals surface area contributed by atoms with E-state index in [9.17, 15) is 14.7 Å². The summed E-state index contributed by atoms with van der Waals surface area (Å²) < 4.78 is 5.31. The van der Waals surface area contributed by atoms with E-state index in [0.29, 0.717) is 24.8 Å². The average Bonchev–Trinajstić information content (AvgIpc) is 2.59. The lowest BCUT2D eigenvalue weighted by Gasteiger charge is -2.29. The summed E-state index contributed by atoms with van der Waals surface area (Å²) >= 11 is 11.8. The number of anilines is 1. The lowest BCUT2D eigenvalue weighted by atomic mass is 9.88. The first kappa shape index (κ1) is 25.4. The molecule has 0 aliphatic carbocycles. The van der Waals surface area contributed by atoms with Gasteiger partial charge in [-0.15, -0.1) is 23.2 Å². The number of carboxylic acids is 1. The van der Waals surface area contributed by atoms with Crippen LogP contribution in [-0.2, 0) is 9.53 Å². The number of benzene rings is 1. The summed E-state index contributed by atoms with van der Waals surface area (Å²) in [7, 11) is 0. The highest BCUT2D eigenvalue weighted by Crippen LogP contribution is 2.29. The molecule has 8 heteroatoms. The molecule has 1 aromatic carbocycles. The van der Waals surface area contributed by atoms with Crippen molar-refractivity contribution >= 4 is 41.0 Å². The zero-order valence-electron chi connectivity index (χ0n) is 17.8. The number of carbonyl (C=O) groups excluding carboxylic acids is 1. The number of carboxylic acid groups (broad SMARTS) is 1. The molecule has 1 aromatic rings. The lowest BCUT2D eigenvalue weighted by molar-refractivity contribution is -0.137. The maximum Gasteiger partial charge on any atom is 0.407 e. The Hall–Kier alpha value is -1.66. The van der Waals surface area contributed by atoms with Crippen molar-refractivity contribution in [1.29, 1.82) is 0 Å². The number of amides is 1. The van der Waals surface area contributed by atoms with Crippen LogP contribution in [0.15, 0.2) is 18.2 Å². The fourth-order valence-electron chi connectivity index (χ4n) is 3.11. The third-order valence-corrected chi connectivity index (χ3v) is 4.87. The number of aliphatic carboxylic acids is 1. The van der Waals surface area contributed by atoms with Crippen molar-refractivity contribution < 1.29 is 19.4 Å². The molecule has 2 atom stereocenters. The number of aryl methyl sites for hydroxylation is 1. The van der Waals surface area contributed by atoms with Crippen molar-refractivity contribution in [3.8, 4) is 0 Å². The van der Waals surface area contributed by atoms with E-state index in [-0.39, 0.29) is 12.3 Å². The van der Waals surface area contributed by atoms with Gasteiger partial charge in [-0.05, 0) is 51.0 Å². The van der Waals surface area contributed by atoms with Gasteiger partial charge in [0, 0.05) is 42.5 Å². The van der Waals surface area contributed by atoms with Crippen LogP contribution in [0.25, 0.3) is 0 Å². The van der Waals surface area contributed by atoms with Crippen LogP contribution in [0.1, 0.15) is 51.2 Å². The zero-order valence-corrected chi connectivity index (χ0v) is 19.3. The molecule has 1 rings (SSSR count). The van der Waals surface area contributed by atoms with E-state index in [1.54, 1.807) is 20.8 Å². The van der Waals surface area contributed by atoms with Crippen LogP contribution in [0.4, 0.5) is 10.5 Å². The van der Waals surface area contributed by atoms with Gasteiger partial charge in [-0.1, -0.05) is 13.0 Å². The van der Waals surface area contributed by atoms with Crippen LogP contribution in [-0.4, -0.2) is 53.7 Å². The van der Waals surface area contributed by atoms with Gasteiger partial charge in [0.05, 0.1) is 6.42 Å². The van der Waals surface area contributed by atoms with Crippen molar-refractivity contribution in [3.63, 3.8) is 0 Å². The molecule has 0 bridgehead atoms. The minimum atomic E-state index is -0.988. The number of hydrogen-bond donors (Lipinski definition) is 2. The smallest absolute Gasteiger partial charge is 0.407 e. The molecule has 0 saturated heterocycles. The monoisotopic (exact) mass is 446 g/mol. The van der Waals surface area contributed by atoms with Crippen LogP contribution in [0.5, 0.6) is 0 Å². The van der Waals surface area contributed by atoms with Gasteiger partial charge in [0.15, 0.2) is 0 Å². The third-order valence-electron chi connectivity index (χ3n) is 4.53. The van der Waals surface area contributed by atoms with E-state index >= 15 is 0 Å². The molecule has 2 N–H and O–H groups in total. The Morgan fingerprint density at radius 1 is 1.21 bits per heavy atom. The minimum absolute atomic E-state index is 0.211. The summed E-state index contributed by atoms with van der Waals surface area (Å²) in [5, 5.41) is 12.1. The molecule has 0 spiro atoms. The molecule has 0 heterocycles. The lowest BCUT2D eigenvalue weighted by Crippen LogP contribution is -2.43. The van der Waals surface area contributed by atoms with E-state index in [1.807, 2.05) is 32.0 Å². The molecule has 0 saturated carbocycles. The molecule has 0 aromatic heterocycles. The van der Waals surface area contributed by atoms with Gasteiger partial charge in [-0.3, -0.25) is 4.79 Å². The summed E-state index contributed by atoms with van der Waals surface area (Å²) in [5.74, 6) is -0.292. The molecule has 0 fully saturated rings. The first-order valence-electron chi connectivity index (χ1n) is 9.67.